The van der Waals surface area contributed by atoms with Crippen molar-refractivity contribution in [3.8, 4) is 0 Å². The number of nitrogens with one attached hydrogen (secondary N) is 1. The van der Waals surface area contributed by atoms with Crippen molar-refractivity contribution in [2.75, 3.05) is 12.4 Å². The van der Waals surface area contributed by atoms with Crippen LogP contribution in [0.15, 0.2) is 0 Å². The van der Waals surface area contributed by atoms with Gasteiger partial charge in [-0.25, -0.2) is 4.79 Å². The minimum Gasteiger partial charge on any atom is -0.458 e. The molecular formula is C11H21ClN2O3. The second kappa shape index (κ2) is 7.50. The molecule has 0 fully saturated rings. The van der Waals surface area contributed by atoms with Crippen molar-refractivity contribution >= 4 is 23.5 Å². The average molecular weight is 265 g/mol. The molecule has 1 unspecified atom stereocenters. The Balaban J connectivity index is 4.44. The standard InChI is InChI=1S/C11H21ClN2O3/c1-11(2,3)17-10(16)8(5-4-6-13)14-9(15)7-12/h8H,4-7,13H2,1-3H3,(H,14,15). The van der Waals surface area contributed by atoms with E-state index in [4.69, 9.17) is 22.1 Å². The highest BCUT2D eigenvalue weighted by Gasteiger charge is 2.25. The third-order valence-corrected chi connectivity index (χ3v) is 2.09. The number of rotatable bonds is 6. The average Bonchev–Trinajstić information content (AvgIpc) is 2.21. The molecule has 5 nitrogen and oxygen atoms in total. The molecule has 0 aliphatic rings. The van der Waals surface area contributed by atoms with Gasteiger partial charge in [0.1, 0.15) is 17.5 Å². The summed E-state index contributed by atoms with van der Waals surface area (Å²) in [6.45, 7) is 5.77. The molecule has 0 radical (unpaired) electrons. The van der Waals surface area contributed by atoms with Crippen LogP contribution in [0, 0.1) is 0 Å². The van der Waals surface area contributed by atoms with Gasteiger partial charge in [-0.2, -0.15) is 0 Å². The highest BCUT2D eigenvalue weighted by atomic mass is 35.5. The SMILES string of the molecule is CC(C)(C)OC(=O)C(CCCN)NC(=O)CCl. The molecule has 100 valence electrons. The molecule has 3 N–H and O–H groups in total. The summed E-state index contributed by atoms with van der Waals surface area (Å²) in [5, 5.41) is 2.52. The van der Waals surface area contributed by atoms with Gasteiger partial charge in [0.2, 0.25) is 5.91 Å². The van der Waals surface area contributed by atoms with E-state index in [0.29, 0.717) is 19.4 Å². The number of hydrogen-bond acceptors (Lipinski definition) is 4. The Morgan fingerprint density at radius 3 is 2.41 bits per heavy atom. The van der Waals surface area contributed by atoms with E-state index < -0.39 is 17.6 Å². The van der Waals surface area contributed by atoms with Gasteiger partial charge in [-0.05, 0) is 40.2 Å². The molecule has 0 saturated carbocycles. The van der Waals surface area contributed by atoms with Gasteiger partial charge in [-0.1, -0.05) is 0 Å². The molecule has 0 bridgehead atoms. The number of hydrogen-bond donors (Lipinski definition) is 2. The van der Waals surface area contributed by atoms with E-state index in [1.807, 2.05) is 0 Å². The predicted octanol–water partition coefficient (Wildman–Crippen LogP) is 0.791. The van der Waals surface area contributed by atoms with Gasteiger partial charge < -0.3 is 15.8 Å². The number of esters is 1. The quantitative estimate of drug-likeness (QED) is 0.549. The summed E-state index contributed by atoms with van der Waals surface area (Å²) in [5.41, 5.74) is 4.80. The zero-order chi connectivity index (χ0) is 13.5. The first-order valence-electron chi connectivity index (χ1n) is 5.58. The van der Waals surface area contributed by atoms with Crippen LogP contribution in [0.3, 0.4) is 0 Å². The lowest BCUT2D eigenvalue weighted by Gasteiger charge is -2.24. The molecular weight excluding hydrogens is 244 g/mol. The predicted molar refractivity (Wildman–Crippen MR) is 66.8 cm³/mol. The van der Waals surface area contributed by atoms with E-state index in [1.54, 1.807) is 20.8 Å². The summed E-state index contributed by atoms with van der Waals surface area (Å²) in [7, 11) is 0. The first-order valence-corrected chi connectivity index (χ1v) is 6.12. The first-order chi connectivity index (χ1) is 7.80. The zero-order valence-electron chi connectivity index (χ0n) is 10.6. The van der Waals surface area contributed by atoms with Crippen LogP contribution in [0.25, 0.3) is 0 Å². The highest BCUT2D eigenvalue weighted by molar-refractivity contribution is 6.27. The summed E-state index contributed by atoms with van der Waals surface area (Å²) in [6, 6.07) is -0.677. The molecule has 0 rings (SSSR count). The first kappa shape index (κ1) is 16.2. The minimum absolute atomic E-state index is 0.179. The smallest absolute Gasteiger partial charge is 0.329 e. The van der Waals surface area contributed by atoms with Crippen molar-refractivity contribution in [2.45, 2.75) is 45.3 Å². The van der Waals surface area contributed by atoms with Crippen molar-refractivity contribution in [3.63, 3.8) is 0 Å². The number of carbonyl (C=O) groups is 2. The number of ether oxygens (including phenoxy) is 1. The Kier molecular flexibility index (Phi) is 7.15. The number of alkyl halides is 1. The fourth-order valence-corrected chi connectivity index (χ4v) is 1.25. The lowest BCUT2D eigenvalue weighted by molar-refractivity contribution is -0.158. The highest BCUT2D eigenvalue weighted by Crippen LogP contribution is 2.10. The number of nitrogens with two attached hydrogens (primary N) is 1. The molecule has 1 amide bonds. The number of carbonyl (C=O) groups excluding carboxylic acids is 2. The maximum atomic E-state index is 11.8. The van der Waals surface area contributed by atoms with Gasteiger partial charge in [-0.3, -0.25) is 4.79 Å². The summed E-state index contributed by atoms with van der Waals surface area (Å²) >= 11 is 5.38. The summed E-state index contributed by atoms with van der Waals surface area (Å²) in [6.07, 6.45) is 1.08. The molecule has 1 atom stereocenters. The lowest BCUT2D eigenvalue weighted by Crippen LogP contribution is -2.44. The molecule has 0 aliphatic carbocycles. The van der Waals surface area contributed by atoms with Crippen molar-refractivity contribution in [3.05, 3.63) is 0 Å². The van der Waals surface area contributed by atoms with E-state index in [-0.39, 0.29) is 11.8 Å². The maximum absolute atomic E-state index is 11.8. The minimum atomic E-state index is -0.677. The van der Waals surface area contributed by atoms with Gasteiger partial charge in [0.05, 0.1) is 0 Å². The van der Waals surface area contributed by atoms with Crippen molar-refractivity contribution in [1.29, 1.82) is 0 Å². The van der Waals surface area contributed by atoms with Gasteiger partial charge >= 0.3 is 5.97 Å². The zero-order valence-corrected chi connectivity index (χ0v) is 11.3. The molecule has 0 spiro atoms. The summed E-state index contributed by atoms with van der Waals surface area (Å²) < 4.78 is 5.20. The van der Waals surface area contributed by atoms with Crippen LogP contribution in [0.5, 0.6) is 0 Å². The summed E-state index contributed by atoms with van der Waals surface area (Å²) in [5.74, 6) is -1.02. The van der Waals surface area contributed by atoms with Gasteiger partial charge in [0.25, 0.3) is 0 Å². The molecule has 0 aromatic rings. The normalized spacial score (nSPS) is 13.0. The molecule has 0 aliphatic heterocycles. The van der Waals surface area contributed by atoms with E-state index in [0.717, 1.165) is 0 Å². The Morgan fingerprint density at radius 1 is 1.41 bits per heavy atom. The lowest BCUT2D eigenvalue weighted by atomic mass is 10.1. The number of halogens is 1. The Morgan fingerprint density at radius 2 is 2.00 bits per heavy atom. The molecule has 6 heteroatoms. The third kappa shape index (κ3) is 7.99. The molecule has 17 heavy (non-hydrogen) atoms. The van der Waals surface area contributed by atoms with Crippen LogP contribution in [-0.2, 0) is 14.3 Å². The fourth-order valence-electron chi connectivity index (χ4n) is 1.18. The van der Waals surface area contributed by atoms with Crippen LogP contribution in [0.2, 0.25) is 0 Å². The number of amides is 1. The van der Waals surface area contributed by atoms with E-state index >= 15 is 0 Å². The maximum Gasteiger partial charge on any atom is 0.329 e. The fraction of sp³-hybridized carbons (Fsp3) is 0.818. The van der Waals surface area contributed by atoms with Crippen LogP contribution >= 0.6 is 11.6 Å². The van der Waals surface area contributed by atoms with Crippen LogP contribution < -0.4 is 11.1 Å². The van der Waals surface area contributed by atoms with E-state index in [9.17, 15) is 9.59 Å². The van der Waals surface area contributed by atoms with Crippen LogP contribution in [0.1, 0.15) is 33.6 Å². The van der Waals surface area contributed by atoms with Crippen molar-refractivity contribution in [2.24, 2.45) is 5.73 Å². The second-order valence-electron chi connectivity index (χ2n) is 4.72. The van der Waals surface area contributed by atoms with Crippen LogP contribution in [0.4, 0.5) is 0 Å². The molecule has 0 aromatic heterocycles. The Hall–Kier alpha value is -0.810. The summed E-state index contributed by atoms with van der Waals surface area (Å²) in [4.78, 5) is 23.0. The van der Waals surface area contributed by atoms with E-state index in [2.05, 4.69) is 5.32 Å². The van der Waals surface area contributed by atoms with Crippen molar-refractivity contribution < 1.29 is 14.3 Å². The topological polar surface area (TPSA) is 81.4 Å². The monoisotopic (exact) mass is 264 g/mol. The largest absolute Gasteiger partial charge is 0.458 e. The van der Waals surface area contributed by atoms with Gasteiger partial charge in [0.15, 0.2) is 0 Å². The Bertz CT molecular complexity index is 264. The molecule has 0 aromatic carbocycles. The van der Waals surface area contributed by atoms with Gasteiger partial charge in [-0.15, -0.1) is 11.6 Å². The van der Waals surface area contributed by atoms with Crippen molar-refractivity contribution in [1.82, 2.24) is 5.32 Å². The van der Waals surface area contributed by atoms with E-state index in [1.165, 1.54) is 0 Å². The van der Waals surface area contributed by atoms with Crippen LogP contribution in [-0.4, -0.2) is 35.9 Å². The second-order valence-corrected chi connectivity index (χ2v) is 4.99. The van der Waals surface area contributed by atoms with Gasteiger partial charge in [0, 0.05) is 0 Å². The third-order valence-electron chi connectivity index (χ3n) is 1.84. The molecule has 0 heterocycles. The molecule has 0 saturated heterocycles. The Labute approximate surface area is 107 Å².